The number of carbonyl (C=O) groups excluding carboxylic acids is 1. The Labute approximate surface area is 120 Å². The topological polar surface area (TPSA) is 41.1 Å². The quantitative estimate of drug-likeness (QED) is 0.806. The van der Waals surface area contributed by atoms with Gasteiger partial charge in [0.25, 0.3) is 0 Å². The first kappa shape index (κ1) is 16.2. The lowest BCUT2D eigenvalue weighted by atomic mass is 10.2. The number of carbonyl (C=O) groups is 1. The van der Waals surface area contributed by atoms with Gasteiger partial charge in [0.1, 0.15) is 0 Å². The fourth-order valence-corrected chi connectivity index (χ4v) is 2.96. The van der Waals surface area contributed by atoms with Crippen molar-refractivity contribution in [2.75, 3.05) is 0 Å². The molecule has 1 aromatic rings. The van der Waals surface area contributed by atoms with Crippen molar-refractivity contribution in [2.24, 2.45) is 0 Å². The Balaban J connectivity index is 2.38. The fraction of sp³-hybridized carbons (Fsp3) is 0.667. The largest absolute Gasteiger partial charge is 0.352 e. The molecule has 0 aliphatic rings. The highest BCUT2D eigenvalue weighted by atomic mass is 32.1. The van der Waals surface area contributed by atoms with Crippen LogP contribution in [0, 0.1) is 13.8 Å². The maximum absolute atomic E-state index is 12.0. The van der Waals surface area contributed by atoms with E-state index in [4.69, 9.17) is 0 Å². The van der Waals surface area contributed by atoms with Crippen LogP contribution in [0.2, 0.25) is 0 Å². The maximum Gasteiger partial charge on any atom is 0.237 e. The molecule has 0 saturated carbocycles. The van der Waals surface area contributed by atoms with Crippen LogP contribution in [0.1, 0.15) is 48.9 Å². The summed E-state index contributed by atoms with van der Waals surface area (Å²) in [5.74, 6) is 0.0888. The smallest absolute Gasteiger partial charge is 0.237 e. The zero-order valence-electron chi connectivity index (χ0n) is 12.7. The Morgan fingerprint density at radius 3 is 2.58 bits per heavy atom. The van der Waals surface area contributed by atoms with Crippen molar-refractivity contribution in [2.45, 2.75) is 66.1 Å². The molecule has 1 aromatic heterocycles. The molecular weight excluding hydrogens is 256 g/mol. The molecule has 0 saturated heterocycles. The van der Waals surface area contributed by atoms with Crippen molar-refractivity contribution >= 4 is 17.2 Å². The van der Waals surface area contributed by atoms with E-state index < -0.39 is 0 Å². The summed E-state index contributed by atoms with van der Waals surface area (Å²) in [6, 6.07) is 2.30. The maximum atomic E-state index is 12.0. The summed E-state index contributed by atoms with van der Waals surface area (Å²) in [4.78, 5) is 14.6. The van der Waals surface area contributed by atoms with Gasteiger partial charge in [-0.15, -0.1) is 11.3 Å². The van der Waals surface area contributed by atoms with Crippen LogP contribution in [0.5, 0.6) is 0 Å². The highest BCUT2D eigenvalue weighted by Gasteiger charge is 2.14. The van der Waals surface area contributed by atoms with Crippen molar-refractivity contribution < 1.29 is 4.79 Å². The number of hydrogen-bond acceptors (Lipinski definition) is 3. The predicted molar refractivity (Wildman–Crippen MR) is 82.6 cm³/mol. The van der Waals surface area contributed by atoms with E-state index in [1.54, 1.807) is 11.3 Å². The first-order chi connectivity index (χ1) is 8.93. The molecule has 108 valence electrons. The highest BCUT2D eigenvalue weighted by molar-refractivity contribution is 7.12. The van der Waals surface area contributed by atoms with E-state index in [1.165, 1.54) is 15.3 Å². The summed E-state index contributed by atoms with van der Waals surface area (Å²) >= 11 is 1.80. The standard InChI is InChI=1S/C15H26N2OS/c1-6-7-11(3)17-15(18)12(4)16-9-14-8-10(2)13(5)19-14/h8,11-12,16H,6-7,9H2,1-5H3,(H,17,18). The van der Waals surface area contributed by atoms with E-state index in [0.29, 0.717) is 0 Å². The summed E-state index contributed by atoms with van der Waals surface area (Å²) in [5.41, 5.74) is 1.33. The number of thiophene rings is 1. The Morgan fingerprint density at radius 1 is 1.37 bits per heavy atom. The van der Waals surface area contributed by atoms with Crippen molar-refractivity contribution in [3.63, 3.8) is 0 Å². The second-order valence-corrected chi connectivity index (χ2v) is 6.59. The van der Waals surface area contributed by atoms with E-state index in [2.05, 4.69) is 44.4 Å². The van der Waals surface area contributed by atoms with Gasteiger partial charge in [-0.05, 0) is 45.7 Å². The average Bonchev–Trinajstić information content (AvgIpc) is 2.66. The minimum atomic E-state index is -0.151. The van der Waals surface area contributed by atoms with Gasteiger partial charge in [0, 0.05) is 22.3 Å². The molecule has 0 spiro atoms. The van der Waals surface area contributed by atoms with Gasteiger partial charge in [0.15, 0.2) is 0 Å². The molecule has 2 N–H and O–H groups in total. The molecule has 4 heteroatoms. The molecule has 3 nitrogen and oxygen atoms in total. The predicted octanol–water partition coefficient (Wildman–Crippen LogP) is 3.15. The molecule has 0 aromatic carbocycles. The Hall–Kier alpha value is -0.870. The second kappa shape index (κ2) is 7.65. The number of aryl methyl sites for hydroxylation is 2. The van der Waals surface area contributed by atoms with Crippen LogP contribution < -0.4 is 10.6 Å². The third kappa shape index (κ3) is 5.33. The van der Waals surface area contributed by atoms with Gasteiger partial charge in [-0.2, -0.15) is 0 Å². The molecule has 2 unspecified atom stereocenters. The molecule has 0 aliphatic carbocycles. The van der Waals surface area contributed by atoms with E-state index in [0.717, 1.165) is 19.4 Å². The molecule has 0 radical (unpaired) electrons. The molecule has 0 bridgehead atoms. The van der Waals surface area contributed by atoms with E-state index in [-0.39, 0.29) is 18.0 Å². The zero-order chi connectivity index (χ0) is 14.4. The van der Waals surface area contributed by atoms with Crippen LogP contribution in [0.25, 0.3) is 0 Å². The minimum Gasteiger partial charge on any atom is -0.352 e. The number of amides is 1. The number of rotatable bonds is 7. The van der Waals surface area contributed by atoms with E-state index in [9.17, 15) is 4.79 Å². The van der Waals surface area contributed by atoms with Gasteiger partial charge in [0.2, 0.25) is 5.91 Å². The van der Waals surface area contributed by atoms with Gasteiger partial charge in [0.05, 0.1) is 6.04 Å². The lowest BCUT2D eigenvalue weighted by molar-refractivity contribution is -0.123. The third-order valence-electron chi connectivity index (χ3n) is 3.30. The molecule has 19 heavy (non-hydrogen) atoms. The molecular formula is C15H26N2OS. The summed E-state index contributed by atoms with van der Waals surface area (Å²) in [5, 5.41) is 6.32. The molecule has 2 atom stereocenters. The number of nitrogens with one attached hydrogen (secondary N) is 2. The lowest BCUT2D eigenvalue weighted by Crippen LogP contribution is -2.45. The van der Waals surface area contributed by atoms with Crippen LogP contribution in [0.15, 0.2) is 6.07 Å². The SMILES string of the molecule is CCCC(C)NC(=O)C(C)NCc1cc(C)c(C)s1. The van der Waals surface area contributed by atoms with Gasteiger partial charge in [-0.1, -0.05) is 13.3 Å². The summed E-state index contributed by atoms with van der Waals surface area (Å²) < 4.78 is 0. The lowest BCUT2D eigenvalue weighted by Gasteiger charge is -2.17. The molecule has 1 rings (SSSR count). The van der Waals surface area contributed by atoms with Gasteiger partial charge in [-0.3, -0.25) is 4.79 Å². The summed E-state index contributed by atoms with van der Waals surface area (Å²) in [7, 11) is 0. The van der Waals surface area contributed by atoms with Crippen LogP contribution in [0.4, 0.5) is 0 Å². The summed E-state index contributed by atoms with van der Waals surface area (Å²) in [6.07, 6.45) is 2.12. The van der Waals surface area contributed by atoms with Crippen molar-refractivity contribution in [3.05, 3.63) is 21.4 Å². The van der Waals surface area contributed by atoms with Crippen molar-refractivity contribution in [3.8, 4) is 0 Å². The number of hydrogen-bond donors (Lipinski definition) is 2. The third-order valence-corrected chi connectivity index (χ3v) is 4.46. The zero-order valence-corrected chi connectivity index (χ0v) is 13.5. The molecule has 1 heterocycles. The molecule has 0 fully saturated rings. The normalized spacial score (nSPS) is 14.2. The Morgan fingerprint density at radius 2 is 2.05 bits per heavy atom. The Bertz CT molecular complexity index is 395. The Kier molecular flexibility index (Phi) is 6.52. The summed E-state index contributed by atoms with van der Waals surface area (Å²) in [6.45, 7) is 11.1. The first-order valence-corrected chi connectivity index (χ1v) is 7.85. The van der Waals surface area contributed by atoms with Crippen molar-refractivity contribution in [1.82, 2.24) is 10.6 Å². The monoisotopic (exact) mass is 282 g/mol. The fourth-order valence-electron chi connectivity index (χ4n) is 1.96. The van der Waals surface area contributed by atoms with Crippen molar-refractivity contribution in [1.29, 1.82) is 0 Å². The molecule has 0 aliphatic heterocycles. The van der Waals surface area contributed by atoms with Crippen LogP contribution in [-0.4, -0.2) is 18.0 Å². The van der Waals surface area contributed by atoms with Gasteiger partial charge in [-0.25, -0.2) is 0 Å². The van der Waals surface area contributed by atoms with Crippen LogP contribution >= 0.6 is 11.3 Å². The second-order valence-electron chi connectivity index (χ2n) is 5.25. The highest BCUT2D eigenvalue weighted by Crippen LogP contribution is 2.20. The van der Waals surface area contributed by atoms with E-state index >= 15 is 0 Å². The van der Waals surface area contributed by atoms with E-state index in [1.807, 2.05) is 6.92 Å². The molecule has 1 amide bonds. The van der Waals surface area contributed by atoms with Gasteiger partial charge >= 0.3 is 0 Å². The first-order valence-electron chi connectivity index (χ1n) is 7.03. The van der Waals surface area contributed by atoms with Crippen LogP contribution in [-0.2, 0) is 11.3 Å². The average molecular weight is 282 g/mol. The van der Waals surface area contributed by atoms with Crippen LogP contribution in [0.3, 0.4) is 0 Å². The van der Waals surface area contributed by atoms with Gasteiger partial charge < -0.3 is 10.6 Å². The minimum absolute atomic E-state index is 0.0888.